The highest BCUT2D eigenvalue weighted by atomic mass is 16.5. The Morgan fingerprint density at radius 1 is 1.27 bits per heavy atom. The van der Waals surface area contributed by atoms with Gasteiger partial charge in [0.05, 0.1) is 12.4 Å². The molecular weight excluding hydrogens is 190 g/mol. The Bertz CT molecular complexity index is 312. The van der Waals surface area contributed by atoms with E-state index in [0.29, 0.717) is 17.6 Å². The molecule has 2 N–H and O–H groups in total. The zero-order valence-electron chi connectivity index (χ0n) is 9.02. The van der Waals surface area contributed by atoms with Crippen LogP contribution in [0.4, 0.5) is 5.82 Å². The first-order valence-electron chi connectivity index (χ1n) is 5.50. The SMILES string of the molecule is CC1CCCCC1Oc1cnc(N)cn1. The predicted molar refractivity (Wildman–Crippen MR) is 58.5 cm³/mol. The van der Waals surface area contributed by atoms with Crippen LogP contribution in [-0.4, -0.2) is 16.1 Å². The van der Waals surface area contributed by atoms with Crippen molar-refractivity contribution in [3.8, 4) is 5.88 Å². The van der Waals surface area contributed by atoms with E-state index < -0.39 is 0 Å². The highest BCUT2D eigenvalue weighted by molar-refractivity contribution is 5.24. The van der Waals surface area contributed by atoms with Gasteiger partial charge in [0.15, 0.2) is 0 Å². The highest BCUT2D eigenvalue weighted by Crippen LogP contribution is 2.27. The fourth-order valence-corrected chi connectivity index (χ4v) is 2.00. The van der Waals surface area contributed by atoms with Crippen molar-refractivity contribution in [3.05, 3.63) is 12.4 Å². The summed E-state index contributed by atoms with van der Waals surface area (Å²) in [5, 5.41) is 0. The lowest BCUT2D eigenvalue weighted by molar-refractivity contribution is 0.0972. The van der Waals surface area contributed by atoms with Crippen LogP contribution >= 0.6 is 0 Å². The van der Waals surface area contributed by atoms with Crippen LogP contribution in [0.2, 0.25) is 0 Å². The van der Waals surface area contributed by atoms with E-state index in [1.165, 1.54) is 25.5 Å². The van der Waals surface area contributed by atoms with Gasteiger partial charge in [-0.1, -0.05) is 13.3 Å². The fourth-order valence-electron chi connectivity index (χ4n) is 2.00. The smallest absolute Gasteiger partial charge is 0.232 e. The van der Waals surface area contributed by atoms with Crippen LogP contribution in [0.1, 0.15) is 32.6 Å². The second-order valence-corrected chi connectivity index (χ2v) is 4.20. The predicted octanol–water partition coefficient (Wildman–Crippen LogP) is 2.02. The van der Waals surface area contributed by atoms with Crippen LogP contribution < -0.4 is 10.5 Å². The molecular formula is C11H17N3O. The third kappa shape index (κ3) is 2.58. The monoisotopic (exact) mass is 207 g/mol. The van der Waals surface area contributed by atoms with Crippen molar-refractivity contribution in [2.45, 2.75) is 38.7 Å². The first-order valence-corrected chi connectivity index (χ1v) is 5.50. The first kappa shape index (κ1) is 10.2. The van der Waals surface area contributed by atoms with Gasteiger partial charge in [-0.3, -0.25) is 0 Å². The largest absolute Gasteiger partial charge is 0.473 e. The van der Waals surface area contributed by atoms with Crippen molar-refractivity contribution in [1.29, 1.82) is 0 Å². The van der Waals surface area contributed by atoms with Crippen LogP contribution in [0.15, 0.2) is 12.4 Å². The molecule has 1 aliphatic carbocycles. The minimum atomic E-state index is 0.289. The third-order valence-electron chi connectivity index (χ3n) is 2.95. The minimum absolute atomic E-state index is 0.289. The molecule has 0 radical (unpaired) electrons. The second-order valence-electron chi connectivity index (χ2n) is 4.20. The number of hydrogen-bond donors (Lipinski definition) is 1. The van der Waals surface area contributed by atoms with E-state index in [2.05, 4.69) is 16.9 Å². The van der Waals surface area contributed by atoms with Crippen LogP contribution in [0.3, 0.4) is 0 Å². The molecule has 1 aromatic rings. The molecule has 1 heterocycles. The zero-order valence-corrected chi connectivity index (χ0v) is 9.02. The summed E-state index contributed by atoms with van der Waals surface area (Å²) in [6, 6.07) is 0. The number of anilines is 1. The summed E-state index contributed by atoms with van der Waals surface area (Å²) in [6.45, 7) is 2.23. The molecule has 0 aromatic carbocycles. The Hall–Kier alpha value is -1.32. The van der Waals surface area contributed by atoms with E-state index in [9.17, 15) is 0 Å². The Kier molecular flexibility index (Phi) is 3.04. The average Bonchev–Trinajstić information content (AvgIpc) is 2.25. The van der Waals surface area contributed by atoms with Crippen LogP contribution in [0.5, 0.6) is 5.88 Å². The highest BCUT2D eigenvalue weighted by Gasteiger charge is 2.23. The Morgan fingerprint density at radius 3 is 2.73 bits per heavy atom. The van der Waals surface area contributed by atoms with Crippen LogP contribution in [-0.2, 0) is 0 Å². The maximum absolute atomic E-state index is 5.79. The van der Waals surface area contributed by atoms with E-state index in [1.807, 2.05) is 0 Å². The number of hydrogen-bond acceptors (Lipinski definition) is 4. The van der Waals surface area contributed by atoms with Gasteiger partial charge in [0.2, 0.25) is 5.88 Å². The van der Waals surface area contributed by atoms with Gasteiger partial charge in [0.1, 0.15) is 11.9 Å². The molecule has 2 rings (SSSR count). The van der Waals surface area contributed by atoms with Gasteiger partial charge < -0.3 is 10.5 Å². The Labute approximate surface area is 89.9 Å². The Morgan fingerprint density at radius 2 is 2.07 bits per heavy atom. The lowest BCUT2D eigenvalue weighted by atomic mass is 9.88. The number of ether oxygens (including phenoxy) is 1. The van der Waals surface area contributed by atoms with E-state index in [4.69, 9.17) is 10.5 Å². The minimum Gasteiger partial charge on any atom is -0.473 e. The maximum atomic E-state index is 5.79. The molecule has 4 nitrogen and oxygen atoms in total. The molecule has 1 aromatic heterocycles. The Balaban J connectivity index is 1.98. The van der Waals surface area contributed by atoms with Gasteiger partial charge >= 0.3 is 0 Å². The number of aromatic nitrogens is 2. The lowest BCUT2D eigenvalue weighted by Gasteiger charge is -2.28. The number of rotatable bonds is 2. The zero-order chi connectivity index (χ0) is 10.7. The summed E-state index contributed by atoms with van der Waals surface area (Å²) in [6.07, 6.45) is 8.34. The average molecular weight is 207 g/mol. The molecule has 1 saturated carbocycles. The summed E-state index contributed by atoms with van der Waals surface area (Å²) >= 11 is 0. The summed E-state index contributed by atoms with van der Waals surface area (Å²) < 4.78 is 5.79. The van der Waals surface area contributed by atoms with Crippen molar-refractivity contribution < 1.29 is 4.74 Å². The second kappa shape index (κ2) is 4.47. The molecule has 1 fully saturated rings. The summed E-state index contributed by atoms with van der Waals surface area (Å²) in [5.41, 5.74) is 5.46. The van der Waals surface area contributed by atoms with Gasteiger partial charge in [0, 0.05) is 0 Å². The van der Waals surface area contributed by atoms with Gasteiger partial charge in [-0.15, -0.1) is 0 Å². The van der Waals surface area contributed by atoms with E-state index in [-0.39, 0.29) is 6.10 Å². The molecule has 15 heavy (non-hydrogen) atoms. The molecule has 0 spiro atoms. The maximum Gasteiger partial charge on any atom is 0.232 e. The van der Waals surface area contributed by atoms with E-state index >= 15 is 0 Å². The molecule has 82 valence electrons. The van der Waals surface area contributed by atoms with Gasteiger partial charge in [0.25, 0.3) is 0 Å². The van der Waals surface area contributed by atoms with Crippen molar-refractivity contribution >= 4 is 5.82 Å². The first-order chi connectivity index (χ1) is 7.25. The normalized spacial score (nSPS) is 26.2. The number of nitrogens with two attached hydrogens (primary N) is 1. The van der Waals surface area contributed by atoms with E-state index in [0.717, 1.165) is 6.42 Å². The van der Waals surface area contributed by atoms with Crippen molar-refractivity contribution in [2.24, 2.45) is 5.92 Å². The van der Waals surface area contributed by atoms with Gasteiger partial charge in [-0.25, -0.2) is 9.97 Å². The standard InChI is InChI=1S/C11H17N3O/c1-8-4-2-3-5-9(8)15-11-7-13-10(12)6-14-11/h6-9H,2-5H2,1H3,(H2,12,13). The molecule has 4 heteroatoms. The van der Waals surface area contributed by atoms with E-state index in [1.54, 1.807) is 6.20 Å². The topological polar surface area (TPSA) is 61.0 Å². The van der Waals surface area contributed by atoms with Crippen LogP contribution in [0, 0.1) is 5.92 Å². The third-order valence-corrected chi connectivity index (χ3v) is 2.95. The summed E-state index contributed by atoms with van der Waals surface area (Å²) in [5.74, 6) is 1.63. The van der Waals surface area contributed by atoms with Gasteiger partial charge in [-0.2, -0.15) is 0 Å². The summed E-state index contributed by atoms with van der Waals surface area (Å²) in [7, 11) is 0. The quantitative estimate of drug-likeness (QED) is 0.805. The van der Waals surface area contributed by atoms with Crippen LogP contribution in [0.25, 0.3) is 0 Å². The molecule has 2 atom stereocenters. The van der Waals surface area contributed by atoms with Gasteiger partial charge in [-0.05, 0) is 25.2 Å². The number of nitrogens with zero attached hydrogens (tertiary/aromatic N) is 2. The molecule has 0 saturated heterocycles. The van der Waals surface area contributed by atoms with Crippen molar-refractivity contribution in [2.75, 3.05) is 5.73 Å². The molecule has 0 aliphatic heterocycles. The van der Waals surface area contributed by atoms with Crippen molar-refractivity contribution in [3.63, 3.8) is 0 Å². The molecule has 1 aliphatic rings. The molecule has 0 bridgehead atoms. The van der Waals surface area contributed by atoms with Crippen molar-refractivity contribution in [1.82, 2.24) is 9.97 Å². The fraction of sp³-hybridized carbons (Fsp3) is 0.636. The lowest BCUT2D eigenvalue weighted by Crippen LogP contribution is -2.28. The number of nitrogen functional groups attached to an aromatic ring is 1. The molecule has 2 unspecified atom stereocenters. The molecule has 0 amide bonds. The summed E-state index contributed by atoms with van der Waals surface area (Å²) in [4.78, 5) is 8.06.